The Balaban J connectivity index is 1.26. The van der Waals surface area contributed by atoms with E-state index in [2.05, 4.69) is 31.2 Å². The molecule has 2 N–H and O–H groups in total. The van der Waals surface area contributed by atoms with E-state index in [9.17, 15) is 13.2 Å². The Morgan fingerprint density at radius 1 is 1.22 bits per heavy atom. The van der Waals surface area contributed by atoms with Gasteiger partial charge in [0.15, 0.2) is 9.84 Å². The molecule has 3 fully saturated rings. The summed E-state index contributed by atoms with van der Waals surface area (Å²) in [6.45, 7) is 3.39. The molecule has 2 atom stereocenters. The minimum absolute atomic E-state index is 0.0354. The van der Waals surface area contributed by atoms with Gasteiger partial charge in [0.1, 0.15) is 5.82 Å². The third kappa shape index (κ3) is 4.43. The quantitative estimate of drug-likeness (QED) is 0.507. The molecule has 1 spiro atoms. The number of hydrogen-bond acceptors (Lipinski definition) is 7. The van der Waals surface area contributed by atoms with Gasteiger partial charge in [0.2, 0.25) is 5.91 Å². The van der Waals surface area contributed by atoms with Crippen molar-refractivity contribution >= 4 is 44.2 Å². The van der Waals surface area contributed by atoms with Gasteiger partial charge in [-0.25, -0.2) is 18.4 Å². The van der Waals surface area contributed by atoms with Crippen LogP contribution in [-0.2, 0) is 25.9 Å². The van der Waals surface area contributed by atoms with Gasteiger partial charge in [-0.15, -0.1) is 0 Å². The fourth-order valence-corrected chi connectivity index (χ4v) is 8.65. The predicted octanol–water partition coefficient (Wildman–Crippen LogP) is 3.28. The van der Waals surface area contributed by atoms with E-state index in [-0.39, 0.29) is 11.7 Å². The summed E-state index contributed by atoms with van der Waals surface area (Å²) in [5.41, 5.74) is 3.56. The van der Waals surface area contributed by atoms with Crippen molar-refractivity contribution in [3.8, 4) is 11.1 Å². The molecule has 11 heteroatoms. The van der Waals surface area contributed by atoms with Gasteiger partial charge in [-0.2, -0.15) is 0 Å². The first-order valence-electron chi connectivity index (χ1n) is 12.8. The topological polar surface area (TPSA) is 115 Å². The first-order chi connectivity index (χ1) is 17.9. The molecule has 37 heavy (non-hydrogen) atoms. The number of hydrogen-bond donors (Lipinski definition) is 2. The van der Waals surface area contributed by atoms with Crippen LogP contribution in [0.3, 0.4) is 0 Å². The van der Waals surface area contributed by atoms with Crippen molar-refractivity contribution < 1.29 is 17.9 Å². The van der Waals surface area contributed by atoms with E-state index in [4.69, 9.17) is 16.3 Å². The van der Waals surface area contributed by atoms with Crippen molar-refractivity contribution in [1.29, 1.82) is 0 Å². The molecule has 1 aromatic carbocycles. The van der Waals surface area contributed by atoms with Crippen LogP contribution in [0.4, 0.5) is 5.82 Å². The van der Waals surface area contributed by atoms with Crippen LogP contribution >= 0.6 is 11.6 Å². The van der Waals surface area contributed by atoms with Crippen LogP contribution in [-0.4, -0.2) is 65.7 Å². The molecular weight excluding hydrogens is 514 g/mol. The summed E-state index contributed by atoms with van der Waals surface area (Å²) in [5, 5.41) is 6.48. The fraction of sp³-hybridized carbons (Fsp3) is 0.500. The van der Waals surface area contributed by atoms with E-state index in [1.807, 2.05) is 18.5 Å². The summed E-state index contributed by atoms with van der Waals surface area (Å²) in [6.07, 6.45) is 6.26. The number of ether oxygens (including phenoxy) is 1. The number of anilines is 1. The first kappa shape index (κ1) is 24.8. The van der Waals surface area contributed by atoms with Crippen molar-refractivity contribution in [2.45, 2.75) is 37.0 Å². The summed E-state index contributed by atoms with van der Waals surface area (Å²) in [4.78, 5) is 22.2. The molecule has 2 aromatic heterocycles. The molecule has 0 bridgehead atoms. The average Bonchev–Trinajstić information content (AvgIpc) is 3.60. The molecule has 196 valence electrons. The summed E-state index contributed by atoms with van der Waals surface area (Å²) >= 11 is 6.55. The number of imidazole rings is 1. The molecule has 3 aliphatic heterocycles. The lowest BCUT2D eigenvalue weighted by molar-refractivity contribution is -0.120. The molecule has 3 aromatic rings. The maximum absolute atomic E-state index is 13.3. The number of carbonyl (C=O) groups is 1. The highest BCUT2D eigenvalue weighted by Gasteiger charge is 2.58. The van der Waals surface area contributed by atoms with Crippen molar-refractivity contribution in [2.75, 3.05) is 37.4 Å². The number of aromatic nitrogens is 3. The van der Waals surface area contributed by atoms with Gasteiger partial charge in [-0.05, 0) is 61.9 Å². The van der Waals surface area contributed by atoms with E-state index < -0.39 is 20.5 Å². The van der Waals surface area contributed by atoms with Gasteiger partial charge in [-0.3, -0.25) is 4.79 Å². The van der Waals surface area contributed by atoms with Gasteiger partial charge < -0.3 is 19.9 Å². The van der Waals surface area contributed by atoms with Gasteiger partial charge in [-0.1, -0.05) is 17.7 Å². The molecule has 9 nitrogen and oxygen atoms in total. The van der Waals surface area contributed by atoms with E-state index in [0.29, 0.717) is 42.7 Å². The molecule has 6 rings (SSSR count). The molecule has 5 heterocycles. The van der Waals surface area contributed by atoms with Crippen LogP contribution in [0.1, 0.15) is 25.7 Å². The highest BCUT2D eigenvalue weighted by molar-refractivity contribution is 7.93. The first-order valence-corrected chi connectivity index (χ1v) is 14.8. The number of nitrogens with one attached hydrogen (secondary N) is 2. The number of halogens is 1. The second kappa shape index (κ2) is 9.65. The molecule has 0 saturated carbocycles. The molecule has 1 amide bonds. The lowest BCUT2D eigenvalue weighted by Crippen LogP contribution is -2.47. The lowest BCUT2D eigenvalue weighted by atomic mass is 9.88. The molecular formula is C26H30ClN5O4S. The highest BCUT2D eigenvalue weighted by Crippen LogP contribution is 2.43. The van der Waals surface area contributed by atoms with Crippen LogP contribution in [0.2, 0.25) is 5.02 Å². The summed E-state index contributed by atoms with van der Waals surface area (Å²) in [7, 11) is -3.34. The van der Waals surface area contributed by atoms with Crippen LogP contribution < -0.4 is 10.6 Å². The lowest BCUT2D eigenvalue weighted by Gasteiger charge is -2.27. The summed E-state index contributed by atoms with van der Waals surface area (Å²) in [6, 6.07) is 7.75. The standard InChI is InChI=1S/C26H30ClN5O4S/c27-21-13-29-24(31-25(33)20-5-10-37(34,35)26(20)6-7-28-15-26)12-19(21)18-1-2-22-23(11-18)32(16-30-22)14-17-3-8-36-9-4-17/h1-2,11-13,16-17,20,28H,3-10,14-15H2,(H,29,31,33). The molecule has 0 radical (unpaired) electrons. The number of amides is 1. The smallest absolute Gasteiger partial charge is 0.230 e. The number of carbonyl (C=O) groups excluding carboxylic acids is 1. The number of fused-ring (bicyclic) bond motifs is 1. The monoisotopic (exact) mass is 543 g/mol. The molecule has 0 aliphatic carbocycles. The Bertz CT molecular complexity index is 1440. The highest BCUT2D eigenvalue weighted by atomic mass is 35.5. The third-order valence-corrected chi connectivity index (χ3v) is 11.2. The zero-order valence-corrected chi connectivity index (χ0v) is 22.0. The van der Waals surface area contributed by atoms with Crippen molar-refractivity contribution in [1.82, 2.24) is 19.9 Å². The van der Waals surface area contributed by atoms with Crippen molar-refractivity contribution in [3.05, 3.63) is 41.8 Å². The predicted molar refractivity (Wildman–Crippen MR) is 142 cm³/mol. The molecule has 2 unspecified atom stereocenters. The average molecular weight is 544 g/mol. The van der Waals surface area contributed by atoms with Gasteiger partial charge in [0, 0.05) is 38.1 Å². The van der Waals surface area contributed by atoms with E-state index in [1.54, 1.807) is 6.07 Å². The van der Waals surface area contributed by atoms with Crippen LogP contribution in [0.5, 0.6) is 0 Å². The largest absolute Gasteiger partial charge is 0.381 e. The van der Waals surface area contributed by atoms with Gasteiger partial charge in [0.05, 0.1) is 38.8 Å². The molecule has 3 saturated heterocycles. The van der Waals surface area contributed by atoms with E-state index in [1.165, 1.54) is 6.20 Å². The summed E-state index contributed by atoms with van der Waals surface area (Å²) in [5.74, 6) is 0.0255. The normalized spacial score (nSPS) is 25.7. The summed E-state index contributed by atoms with van der Waals surface area (Å²) < 4.78 is 32.3. The Labute approximate surface area is 220 Å². The number of rotatable bonds is 5. The zero-order valence-electron chi connectivity index (χ0n) is 20.5. The van der Waals surface area contributed by atoms with Crippen LogP contribution in [0, 0.1) is 11.8 Å². The number of pyridine rings is 1. The van der Waals surface area contributed by atoms with Crippen LogP contribution in [0.25, 0.3) is 22.2 Å². The Morgan fingerprint density at radius 3 is 2.84 bits per heavy atom. The molecule has 3 aliphatic rings. The second-order valence-electron chi connectivity index (χ2n) is 10.3. The third-order valence-electron chi connectivity index (χ3n) is 8.23. The van der Waals surface area contributed by atoms with Gasteiger partial charge in [0.25, 0.3) is 0 Å². The minimum atomic E-state index is -3.34. The van der Waals surface area contributed by atoms with Crippen LogP contribution in [0.15, 0.2) is 36.8 Å². The number of nitrogens with zero attached hydrogens (tertiary/aromatic N) is 3. The fourth-order valence-electron chi connectivity index (χ4n) is 6.10. The van der Waals surface area contributed by atoms with E-state index in [0.717, 1.165) is 54.8 Å². The maximum Gasteiger partial charge on any atom is 0.230 e. The second-order valence-corrected chi connectivity index (χ2v) is 13.2. The number of sulfone groups is 1. The Morgan fingerprint density at radius 2 is 2.05 bits per heavy atom. The maximum atomic E-state index is 13.3. The number of benzene rings is 1. The van der Waals surface area contributed by atoms with Crippen molar-refractivity contribution in [2.24, 2.45) is 11.8 Å². The minimum Gasteiger partial charge on any atom is -0.381 e. The zero-order chi connectivity index (χ0) is 25.6. The van der Waals surface area contributed by atoms with E-state index >= 15 is 0 Å². The Kier molecular flexibility index (Phi) is 6.46. The van der Waals surface area contributed by atoms with Gasteiger partial charge >= 0.3 is 0 Å². The van der Waals surface area contributed by atoms with Crippen molar-refractivity contribution in [3.63, 3.8) is 0 Å². The SMILES string of the molecule is O=C(Nc1cc(-c2ccc3ncn(CC4CCOCC4)c3c2)c(Cl)cn1)C1CCS(=O)(=O)C12CCNC2. The Hall–Kier alpha value is -2.53.